The molecule has 0 amide bonds. The minimum absolute atomic E-state index is 0.0112. The van der Waals surface area contributed by atoms with Crippen molar-refractivity contribution in [1.82, 2.24) is 9.78 Å². The second kappa shape index (κ2) is 6.08. The highest BCUT2D eigenvalue weighted by atomic mass is 19.1. The van der Waals surface area contributed by atoms with Gasteiger partial charge in [-0.1, -0.05) is 18.9 Å². The number of benzene rings is 1. The second-order valence-corrected chi connectivity index (χ2v) is 5.29. The minimum Gasteiger partial charge on any atom is -0.483 e. The van der Waals surface area contributed by atoms with Gasteiger partial charge in [0.1, 0.15) is 6.61 Å². The number of rotatable bonds is 5. The van der Waals surface area contributed by atoms with Gasteiger partial charge in [0, 0.05) is 6.20 Å². The lowest BCUT2D eigenvalue weighted by molar-refractivity contribution is 0.111. The molecule has 0 bridgehead atoms. The van der Waals surface area contributed by atoms with Crippen LogP contribution in [0.2, 0.25) is 0 Å². The van der Waals surface area contributed by atoms with Crippen LogP contribution in [0, 0.1) is 5.82 Å². The van der Waals surface area contributed by atoms with E-state index in [1.165, 1.54) is 31.0 Å². The smallest absolute Gasteiger partial charge is 0.166 e. The number of hydrogen-bond acceptors (Lipinski definition) is 3. The summed E-state index contributed by atoms with van der Waals surface area (Å²) in [5.41, 5.74) is 0.951. The van der Waals surface area contributed by atoms with E-state index in [-0.39, 0.29) is 17.9 Å². The van der Waals surface area contributed by atoms with Gasteiger partial charge in [-0.05, 0) is 31.0 Å². The highest BCUT2D eigenvalue weighted by Crippen LogP contribution is 2.29. The van der Waals surface area contributed by atoms with Crippen molar-refractivity contribution in [2.24, 2.45) is 0 Å². The second-order valence-electron chi connectivity index (χ2n) is 5.29. The normalized spacial score (nSPS) is 15.3. The van der Waals surface area contributed by atoms with Crippen molar-refractivity contribution >= 4 is 6.29 Å². The van der Waals surface area contributed by atoms with E-state index in [4.69, 9.17) is 4.74 Å². The molecular formula is C16H17FN2O2. The molecule has 1 heterocycles. The molecule has 0 N–H and O–H groups in total. The standard InChI is InChI=1S/C16H17FN2O2/c17-15-7-3-4-12(10-20)16(15)21-11-13-8-9-19(18-13)14-5-1-2-6-14/h3-4,7-10,14H,1-2,5-6,11H2. The average Bonchev–Trinajstić information content (AvgIpc) is 3.16. The van der Waals surface area contributed by atoms with Gasteiger partial charge >= 0.3 is 0 Å². The quantitative estimate of drug-likeness (QED) is 0.791. The Morgan fingerprint density at radius 1 is 1.33 bits per heavy atom. The molecule has 5 heteroatoms. The Morgan fingerprint density at radius 2 is 2.14 bits per heavy atom. The summed E-state index contributed by atoms with van der Waals surface area (Å²) in [7, 11) is 0. The minimum atomic E-state index is -0.533. The fourth-order valence-corrected chi connectivity index (χ4v) is 2.74. The van der Waals surface area contributed by atoms with Crippen LogP contribution >= 0.6 is 0 Å². The number of ether oxygens (including phenoxy) is 1. The van der Waals surface area contributed by atoms with E-state index in [1.807, 2.05) is 16.9 Å². The van der Waals surface area contributed by atoms with Crippen molar-refractivity contribution in [2.75, 3.05) is 0 Å². The number of halogens is 1. The topological polar surface area (TPSA) is 44.1 Å². The van der Waals surface area contributed by atoms with E-state index in [0.29, 0.717) is 12.3 Å². The van der Waals surface area contributed by atoms with Gasteiger partial charge in [0.05, 0.1) is 17.3 Å². The first kappa shape index (κ1) is 13.8. The van der Waals surface area contributed by atoms with Gasteiger partial charge in [-0.15, -0.1) is 0 Å². The first-order valence-corrected chi connectivity index (χ1v) is 7.18. The molecule has 1 aromatic heterocycles. The van der Waals surface area contributed by atoms with Gasteiger partial charge < -0.3 is 4.74 Å². The Labute approximate surface area is 122 Å². The number of nitrogens with zero attached hydrogens (tertiary/aromatic N) is 2. The Kier molecular flexibility index (Phi) is 3.99. The molecule has 3 rings (SSSR count). The summed E-state index contributed by atoms with van der Waals surface area (Å²) in [6.45, 7) is 0.154. The Balaban J connectivity index is 1.69. The zero-order chi connectivity index (χ0) is 14.7. The van der Waals surface area contributed by atoms with Crippen LogP contribution < -0.4 is 4.74 Å². The molecule has 0 atom stereocenters. The highest BCUT2D eigenvalue weighted by Gasteiger charge is 2.18. The average molecular weight is 288 g/mol. The predicted octanol–water partition coefficient (Wildman–Crippen LogP) is 3.53. The monoisotopic (exact) mass is 288 g/mol. The SMILES string of the molecule is O=Cc1cccc(F)c1OCc1ccn(C2CCCC2)n1. The molecule has 0 spiro atoms. The van der Waals surface area contributed by atoms with E-state index in [9.17, 15) is 9.18 Å². The Bertz CT molecular complexity index is 633. The number of carbonyl (C=O) groups is 1. The molecular weight excluding hydrogens is 271 g/mol. The molecule has 2 aromatic rings. The molecule has 0 saturated heterocycles. The van der Waals surface area contributed by atoms with Gasteiger partial charge in [-0.3, -0.25) is 9.48 Å². The zero-order valence-corrected chi connectivity index (χ0v) is 11.7. The maximum Gasteiger partial charge on any atom is 0.166 e. The van der Waals surface area contributed by atoms with E-state index in [0.717, 1.165) is 18.5 Å². The molecule has 1 saturated carbocycles. The van der Waals surface area contributed by atoms with E-state index in [1.54, 1.807) is 0 Å². The van der Waals surface area contributed by atoms with Gasteiger partial charge in [0.2, 0.25) is 0 Å². The molecule has 4 nitrogen and oxygen atoms in total. The van der Waals surface area contributed by atoms with Crippen molar-refractivity contribution in [1.29, 1.82) is 0 Å². The van der Waals surface area contributed by atoms with Crippen LogP contribution in [-0.4, -0.2) is 16.1 Å². The number of aromatic nitrogens is 2. The number of aldehydes is 1. The molecule has 0 aliphatic heterocycles. The van der Waals surface area contributed by atoms with Crippen LogP contribution in [0.15, 0.2) is 30.5 Å². The number of hydrogen-bond donors (Lipinski definition) is 0. The van der Waals surface area contributed by atoms with Crippen LogP contribution in [-0.2, 0) is 6.61 Å². The van der Waals surface area contributed by atoms with Gasteiger partial charge in [-0.25, -0.2) is 4.39 Å². The predicted molar refractivity (Wildman–Crippen MR) is 75.9 cm³/mol. The summed E-state index contributed by atoms with van der Waals surface area (Å²) < 4.78 is 21.1. The third kappa shape index (κ3) is 2.96. The summed E-state index contributed by atoms with van der Waals surface area (Å²) in [5, 5.41) is 4.47. The van der Waals surface area contributed by atoms with E-state index < -0.39 is 5.82 Å². The summed E-state index contributed by atoms with van der Waals surface area (Å²) >= 11 is 0. The first-order valence-electron chi connectivity index (χ1n) is 7.18. The zero-order valence-electron chi connectivity index (χ0n) is 11.7. The van der Waals surface area contributed by atoms with Crippen LogP contribution in [0.3, 0.4) is 0 Å². The summed E-state index contributed by atoms with van der Waals surface area (Å²) in [6, 6.07) is 6.64. The molecule has 0 unspecified atom stereocenters. The third-order valence-corrected chi connectivity index (χ3v) is 3.85. The molecule has 110 valence electrons. The van der Waals surface area contributed by atoms with Gasteiger partial charge in [0.25, 0.3) is 0 Å². The summed E-state index contributed by atoms with van der Waals surface area (Å²) in [5.74, 6) is -0.544. The third-order valence-electron chi connectivity index (χ3n) is 3.85. The fraction of sp³-hybridized carbons (Fsp3) is 0.375. The molecule has 1 aromatic carbocycles. The van der Waals surface area contributed by atoms with Crippen molar-refractivity contribution in [2.45, 2.75) is 38.3 Å². The lowest BCUT2D eigenvalue weighted by Crippen LogP contribution is -2.07. The Hall–Kier alpha value is -2.17. The maximum absolute atomic E-state index is 13.7. The summed E-state index contributed by atoms with van der Waals surface area (Å²) in [6.07, 6.45) is 7.34. The lowest BCUT2D eigenvalue weighted by Gasteiger charge is -2.10. The van der Waals surface area contributed by atoms with Crippen molar-refractivity contribution in [3.63, 3.8) is 0 Å². The van der Waals surface area contributed by atoms with Gasteiger partial charge in [0.15, 0.2) is 17.9 Å². The Morgan fingerprint density at radius 3 is 2.90 bits per heavy atom. The highest BCUT2D eigenvalue weighted by molar-refractivity contribution is 5.79. The molecule has 1 aliphatic rings. The molecule has 1 fully saturated rings. The van der Waals surface area contributed by atoms with Crippen molar-refractivity contribution in [3.8, 4) is 5.75 Å². The summed E-state index contributed by atoms with van der Waals surface area (Å²) in [4.78, 5) is 10.9. The van der Waals surface area contributed by atoms with Crippen molar-refractivity contribution in [3.05, 3.63) is 47.5 Å². The first-order chi connectivity index (χ1) is 10.3. The molecule has 1 aliphatic carbocycles. The van der Waals surface area contributed by atoms with Crippen LogP contribution in [0.4, 0.5) is 4.39 Å². The van der Waals surface area contributed by atoms with Crippen LogP contribution in [0.5, 0.6) is 5.75 Å². The van der Waals surface area contributed by atoms with E-state index in [2.05, 4.69) is 5.10 Å². The maximum atomic E-state index is 13.7. The van der Waals surface area contributed by atoms with Crippen molar-refractivity contribution < 1.29 is 13.9 Å². The number of para-hydroxylation sites is 1. The van der Waals surface area contributed by atoms with Crippen LogP contribution in [0.25, 0.3) is 0 Å². The number of carbonyl (C=O) groups excluding carboxylic acids is 1. The van der Waals surface area contributed by atoms with Crippen LogP contribution in [0.1, 0.15) is 47.8 Å². The van der Waals surface area contributed by atoms with E-state index >= 15 is 0 Å². The lowest BCUT2D eigenvalue weighted by atomic mass is 10.2. The molecule has 0 radical (unpaired) electrons. The largest absolute Gasteiger partial charge is 0.483 e. The fourth-order valence-electron chi connectivity index (χ4n) is 2.74. The van der Waals surface area contributed by atoms with Gasteiger partial charge in [-0.2, -0.15) is 5.10 Å². The molecule has 21 heavy (non-hydrogen) atoms.